The second kappa shape index (κ2) is 10.1. The maximum atomic E-state index is 13.2. The minimum Gasteiger partial charge on any atom is -0.493 e. The summed E-state index contributed by atoms with van der Waals surface area (Å²) in [5.41, 5.74) is 5.82. The number of hydrogen-bond acceptors (Lipinski definition) is 4. The average Bonchev–Trinajstić information content (AvgIpc) is 3.10. The van der Waals surface area contributed by atoms with Gasteiger partial charge in [-0.1, -0.05) is 47.9 Å². The molecule has 4 nitrogen and oxygen atoms in total. The van der Waals surface area contributed by atoms with Gasteiger partial charge in [-0.05, 0) is 53.8 Å². The molecule has 0 atom stereocenters. The molecule has 1 N–H and O–H groups in total. The molecule has 4 rings (SSSR count). The molecule has 0 amide bonds. The zero-order valence-corrected chi connectivity index (χ0v) is 18.3. The van der Waals surface area contributed by atoms with Gasteiger partial charge >= 0.3 is 0 Å². The number of halogens is 1. The third-order valence-electron chi connectivity index (χ3n) is 5.49. The van der Waals surface area contributed by atoms with Crippen molar-refractivity contribution >= 4 is 24.6 Å². The van der Waals surface area contributed by atoms with Crippen LogP contribution in [-0.2, 0) is 6.61 Å². The van der Waals surface area contributed by atoms with Crippen molar-refractivity contribution in [2.24, 2.45) is 0 Å². The van der Waals surface area contributed by atoms with E-state index in [1.165, 1.54) is 12.1 Å². The predicted molar refractivity (Wildman–Crippen MR) is 129 cm³/mol. The second-order valence-corrected chi connectivity index (χ2v) is 7.66. The monoisotopic (exact) mass is 436 g/mol. The molecule has 6 heteroatoms. The van der Waals surface area contributed by atoms with Crippen molar-refractivity contribution in [1.29, 1.82) is 5.26 Å². The Morgan fingerprint density at radius 3 is 2.58 bits per heavy atom. The van der Waals surface area contributed by atoms with Gasteiger partial charge < -0.3 is 14.8 Å². The number of nitriles is 1. The van der Waals surface area contributed by atoms with Gasteiger partial charge in [0.15, 0.2) is 11.5 Å². The quantitative estimate of drug-likeness (QED) is 0.562. The molecule has 1 heterocycles. The molecule has 3 aromatic rings. The van der Waals surface area contributed by atoms with Crippen LogP contribution >= 0.6 is 0 Å². The highest BCUT2D eigenvalue weighted by Crippen LogP contribution is 2.33. The number of ether oxygens (including phenoxy) is 2. The molecule has 1 aliphatic heterocycles. The standard InChI is InChI=1S/C27H22BFN2O2/c1-32-27-14-19(8-12-26(27)33-17-21-5-9-23(28)13-22(21)15-30)20-3-2-4-25(31-16-20)18-6-10-24(29)11-7-18/h4-14,16,31H,2-3,17H2,1H3. The van der Waals surface area contributed by atoms with Crippen molar-refractivity contribution in [2.45, 2.75) is 19.4 Å². The summed E-state index contributed by atoms with van der Waals surface area (Å²) in [4.78, 5) is 0. The molecule has 0 bridgehead atoms. The third-order valence-corrected chi connectivity index (χ3v) is 5.49. The van der Waals surface area contributed by atoms with E-state index in [-0.39, 0.29) is 12.4 Å². The van der Waals surface area contributed by atoms with Gasteiger partial charge in [-0.15, -0.1) is 0 Å². The first-order chi connectivity index (χ1) is 16.1. The van der Waals surface area contributed by atoms with E-state index in [1.807, 2.05) is 24.4 Å². The van der Waals surface area contributed by atoms with Gasteiger partial charge in [0.25, 0.3) is 0 Å². The lowest BCUT2D eigenvalue weighted by molar-refractivity contribution is 0.284. The summed E-state index contributed by atoms with van der Waals surface area (Å²) in [6.07, 6.45) is 5.79. The van der Waals surface area contributed by atoms with Crippen molar-refractivity contribution < 1.29 is 13.9 Å². The van der Waals surface area contributed by atoms with Gasteiger partial charge in [-0.3, -0.25) is 0 Å². The topological polar surface area (TPSA) is 54.3 Å². The van der Waals surface area contributed by atoms with Gasteiger partial charge in [0, 0.05) is 17.5 Å². The van der Waals surface area contributed by atoms with Crippen LogP contribution in [0.25, 0.3) is 11.3 Å². The van der Waals surface area contributed by atoms with E-state index >= 15 is 0 Å². The van der Waals surface area contributed by atoms with Crippen LogP contribution in [0.3, 0.4) is 0 Å². The Balaban J connectivity index is 1.50. The number of hydrogen-bond donors (Lipinski definition) is 1. The van der Waals surface area contributed by atoms with Gasteiger partial charge in [-0.25, -0.2) is 4.39 Å². The summed E-state index contributed by atoms with van der Waals surface area (Å²) in [7, 11) is 7.36. The Kier molecular flexibility index (Phi) is 6.80. The Morgan fingerprint density at radius 1 is 1.03 bits per heavy atom. The number of rotatable bonds is 6. The fraction of sp³-hybridized carbons (Fsp3) is 0.148. The smallest absolute Gasteiger partial charge is 0.161 e. The largest absolute Gasteiger partial charge is 0.493 e. The van der Waals surface area contributed by atoms with Crippen molar-refractivity contribution in [3.05, 3.63) is 101 Å². The van der Waals surface area contributed by atoms with Crippen LogP contribution in [0.1, 0.15) is 35.1 Å². The van der Waals surface area contributed by atoms with Crippen molar-refractivity contribution in [3.8, 4) is 17.6 Å². The highest BCUT2D eigenvalue weighted by atomic mass is 19.1. The third kappa shape index (κ3) is 5.27. The SMILES string of the molecule is [B]c1ccc(COc2ccc(C3=CNC(c4ccc(F)cc4)=CCC3)cc2OC)c(C#N)c1. The highest BCUT2D eigenvalue weighted by Gasteiger charge is 2.13. The van der Waals surface area contributed by atoms with E-state index in [4.69, 9.17) is 17.3 Å². The molecule has 0 spiro atoms. The minimum absolute atomic E-state index is 0.230. The first-order valence-corrected chi connectivity index (χ1v) is 10.6. The van der Waals surface area contributed by atoms with Crippen molar-refractivity contribution in [1.82, 2.24) is 5.32 Å². The molecule has 2 radical (unpaired) electrons. The minimum atomic E-state index is -0.251. The van der Waals surface area contributed by atoms with E-state index in [0.717, 1.165) is 40.8 Å². The van der Waals surface area contributed by atoms with Crippen LogP contribution in [0.2, 0.25) is 0 Å². The van der Waals surface area contributed by atoms with E-state index < -0.39 is 0 Å². The fourth-order valence-corrected chi connectivity index (χ4v) is 3.69. The fourth-order valence-electron chi connectivity index (χ4n) is 3.69. The molecule has 33 heavy (non-hydrogen) atoms. The van der Waals surface area contributed by atoms with Crippen LogP contribution in [0.15, 0.2) is 72.9 Å². The summed E-state index contributed by atoms with van der Waals surface area (Å²) in [5, 5.41) is 12.7. The number of nitrogens with one attached hydrogen (secondary N) is 1. The summed E-state index contributed by atoms with van der Waals surface area (Å²) in [6.45, 7) is 0.230. The zero-order valence-electron chi connectivity index (χ0n) is 18.3. The molecule has 0 fully saturated rings. The Hall–Kier alpha value is -3.98. The lowest BCUT2D eigenvalue weighted by Crippen LogP contribution is -2.07. The molecule has 1 aliphatic rings. The van der Waals surface area contributed by atoms with Crippen LogP contribution in [0, 0.1) is 17.1 Å². The first kappa shape index (κ1) is 22.2. The number of allylic oxidation sites excluding steroid dienone is 2. The Bertz CT molecular complexity index is 1260. The van der Waals surface area contributed by atoms with Gasteiger partial charge in [-0.2, -0.15) is 5.26 Å². The maximum Gasteiger partial charge on any atom is 0.161 e. The number of benzene rings is 3. The van der Waals surface area contributed by atoms with E-state index in [9.17, 15) is 9.65 Å². The first-order valence-electron chi connectivity index (χ1n) is 10.6. The molecule has 0 aromatic heterocycles. The average molecular weight is 436 g/mol. The molecule has 0 saturated carbocycles. The molecular weight excluding hydrogens is 414 g/mol. The maximum absolute atomic E-state index is 13.2. The van der Waals surface area contributed by atoms with Crippen LogP contribution in [-0.4, -0.2) is 15.0 Å². The molecule has 0 saturated heterocycles. The summed E-state index contributed by atoms with van der Waals surface area (Å²) < 4.78 is 24.8. The second-order valence-electron chi connectivity index (χ2n) is 7.66. The highest BCUT2D eigenvalue weighted by molar-refractivity contribution is 6.32. The molecule has 3 aromatic carbocycles. The van der Waals surface area contributed by atoms with E-state index in [2.05, 4.69) is 17.5 Å². The molecule has 0 aliphatic carbocycles. The van der Waals surface area contributed by atoms with Gasteiger partial charge in [0.1, 0.15) is 20.3 Å². The van der Waals surface area contributed by atoms with Gasteiger partial charge in [0.05, 0.1) is 18.7 Å². The Labute approximate surface area is 194 Å². The van der Waals surface area contributed by atoms with Crippen LogP contribution in [0.5, 0.6) is 11.5 Å². The van der Waals surface area contributed by atoms with Crippen molar-refractivity contribution in [2.75, 3.05) is 7.11 Å². The van der Waals surface area contributed by atoms with E-state index in [1.54, 1.807) is 37.4 Å². The zero-order chi connectivity index (χ0) is 23.2. The predicted octanol–water partition coefficient (Wildman–Crippen LogP) is 4.84. The van der Waals surface area contributed by atoms with E-state index in [0.29, 0.717) is 22.5 Å². The number of methoxy groups -OCH3 is 1. The van der Waals surface area contributed by atoms with Crippen LogP contribution < -0.4 is 20.3 Å². The summed E-state index contributed by atoms with van der Waals surface area (Å²) in [5.74, 6) is 0.950. The van der Waals surface area contributed by atoms with Crippen LogP contribution in [0.4, 0.5) is 4.39 Å². The summed E-state index contributed by atoms with van der Waals surface area (Å²) in [6, 6.07) is 19.6. The normalized spacial score (nSPS) is 13.1. The van der Waals surface area contributed by atoms with Gasteiger partial charge in [0.2, 0.25) is 0 Å². The molecule has 0 unspecified atom stereocenters. The lowest BCUT2D eigenvalue weighted by Gasteiger charge is -2.14. The van der Waals surface area contributed by atoms with Crippen molar-refractivity contribution in [3.63, 3.8) is 0 Å². The molecular formula is C27H22BFN2O2. The number of nitrogens with zero attached hydrogens (tertiary/aromatic N) is 1. The lowest BCUT2D eigenvalue weighted by atomic mass is 9.92. The summed E-state index contributed by atoms with van der Waals surface area (Å²) >= 11 is 0. The Morgan fingerprint density at radius 2 is 1.82 bits per heavy atom. The molecule has 162 valence electrons.